The Morgan fingerprint density at radius 1 is 0.862 bits per heavy atom. The van der Waals surface area contributed by atoms with Crippen LogP contribution in [-0.4, -0.2) is 31.4 Å². The first-order valence-corrected chi connectivity index (χ1v) is 9.60. The van der Waals surface area contributed by atoms with Crippen LogP contribution < -0.4 is 10.6 Å². The second-order valence-corrected chi connectivity index (χ2v) is 7.14. The lowest BCUT2D eigenvalue weighted by molar-refractivity contribution is -0.118. The molecule has 0 saturated heterocycles. The van der Waals surface area contributed by atoms with Gasteiger partial charge in [-0.3, -0.25) is 4.79 Å². The van der Waals surface area contributed by atoms with E-state index in [1.54, 1.807) is 12.1 Å². The number of likely N-dealkylation sites (N-methyl/N-ethyl adjacent to an activating group) is 1. The normalized spacial score (nSPS) is 13.1. The Bertz CT molecular complexity index is 898. The third-order valence-electron chi connectivity index (χ3n) is 4.83. The highest BCUT2D eigenvalue weighted by Gasteiger charge is 2.23. The van der Waals surface area contributed by atoms with Crippen molar-refractivity contribution in [2.24, 2.45) is 0 Å². The minimum Gasteiger partial charge on any atom is -0.324 e. The van der Waals surface area contributed by atoms with Crippen molar-refractivity contribution in [1.29, 1.82) is 0 Å². The number of amides is 1. The van der Waals surface area contributed by atoms with E-state index < -0.39 is 6.04 Å². The summed E-state index contributed by atoms with van der Waals surface area (Å²) >= 11 is 0. The SMILES string of the molecule is CN(C)[C@H](CN[C@H](C(=O)Nc1ccc(F)cc1)c1ccccc1)c1ccccc1. The average Bonchev–Trinajstić information content (AvgIpc) is 2.74. The summed E-state index contributed by atoms with van der Waals surface area (Å²) in [6, 6.07) is 25.1. The van der Waals surface area contributed by atoms with Crippen LogP contribution >= 0.6 is 0 Å². The van der Waals surface area contributed by atoms with Crippen molar-refractivity contribution in [3.63, 3.8) is 0 Å². The summed E-state index contributed by atoms with van der Waals surface area (Å²) < 4.78 is 13.2. The number of halogens is 1. The Morgan fingerprint density at radius 2 is 1.41 bits per heavy atom. The number of anilines is 1. The molecule has 0 aliphatic heterocycles. The molecule has 2 N–H and O–H groups in total. The van der Waals surface area contributed by atoms with Gasteiger partial charge >= 0.3 is 0 Å². The maximum Gasteiger partial charge on any atom is 0.246 e. The maximum atomic E-state index is 13.2. The van der Waals surface area contributed by atoms with Crippen LogP contribution in [0.15, 0.2) is 84.9 Å². The van der Waals surface area contributed by atoms with E-state index in [2.05, 4.69) is 27.7 Å². The highest BCUT2D eigenvalue weighted by atomic mass is 19.1. The summed E-state index contributed by atoms with van der Waals surface area (Å²) in [4.78, 5) is 15.2. The fraction of sp³-hybridized carbons (Fsp3) is 0.208. The molecule has 5 heteroatoms. The summed E-state index contributed by atoms with van der Waals surface area (Å²) in [5.74, 6) is -0.522. The number of nitrogens with one attached hydrogen (secondary N) is 2. The molecule has 0 unspecified atom stereocenters. The summed E-state index contributed by atoms with van der Waals surface area (Å²) in [5.41, 5.74) is 2.61. The van der Waals surface area contributed by atoms with Crippen LogP contribution in [0.2, 0.25) is 0 Å². The molecule has 4 nitrogen and oxygen atoms in total. The molecule has 3 aromatic carbocycles. The predicted molar refractivity (Wildman–Crippen MR) is 115 cm³/mol. The quantitative estimate of drug-likeness (QED) is 0.598. The molecule has 0 saturated carbocycles. The molecule has 3 aromatic rings. The van der Waals surface area contributed by atoms with Crippen molar-refractivity contribution >= 4 is 11.6 Å². The molecule has 0 aromatic heterocycles. The fourth-order valence-electron chi connectivity index (χ4n) is 3.26. The Hall–Kier alpha value is -3.02. The van der Waals surface area contributed by atoms with Crippen molar-refractivity contribution in [2.45, 2.75) is 12.1 Å². The fourth-order valence-corrected chi connectivity index (χ4v) is 3.26. The molecule has 29 heavy (non-hydrogen) atoms. The average molecular weight is 391 g/mol. The van der Waals surface area contributed by atoms with Crippen molar-refractivity contribution < 1.29 is 9.18 Å². The monoisotopic (exact) mass is 391 g/mol. The predicted octanol–water partition coefficient (Wildman–Crippen LogP) is 4.40. The third-order valence-corrected chi connectivity index (χ3v) is 4.83. The Morgan fingerprint density at radius 3 is 1.97 bits per heavy atom. The van der Waals surface area contributed by atoms with E-state index >= 15 is 0 Å². The zero-order valence-corrected chi connectivity index (χ0v) is 16.7. The van der Waals surface area contributed by atoms with Crippen molar-refractivity contribution in [3.05, 3.63) is 102 Å². The van der Waals surface area contributed by atoms with Crippen LogP contribution in [0.25, 0.3) is 0 Å². The van der Waals surface area contributed by atoms with Gasteiger partial charge in [-0.15, -0.1) is 0 Å². The van der Waals surface area contributed by atoms with E-state index in [4.69, 9.17) is 0 Å². The van der Waals surface area contributed by atoms with E-state index in [0.29, 0.717) is 12.2 Å². The molecule has 0 radical (unpaired) electrons. The van der Waals surface area contributed by atoms with E-state index in [-0.39, 0.29) is 17.8 Å². The van der Waals surface area contributed by atoms with Crippen LogP contribution in [0.1, 0.15) is 23.2 Å². The van der Waals surface area contributed by atoms with Crippen molar-refractivity contribution in [3.8, 4) is 0 Å². The van der Waals surface area contributed by atoms with Gasteiger partial charge in [0.1, 0.15) is 11.9 Å². The van der Waals surface area contributed by atoms with Gasteiger partial charge < -0.3 is 15.5 Å². The second-order valence-electron chi connectivity index (χ2n) is 7.14. The van der Waals surface area contributed by atoms with Gasteiger partial charge in [-0.2, -0.15) is 0 Å². The van der Waals surface area contributed by atoms with E-state index in [0.717, 1.165) is 5.56 Å². The number of hydrogen-bond donors (Lipinski definition) is 2. The number of rotatable bonds is 8. The van der Waals surface area contributed by atoms with Crippen LogP contribution in [0, 0.1) is 5.82 Å². The number of benzene rings is 3. The zero-order chi connectivity index (χ0) is 20.6. The topological polar surface area (TPSA) is 44.4 Å². The molecule has 1 amide bonds. The lowest BCUT2D eigenvalue weighted by Gasteiger charge is -2.28. The van der Waals surface area contributed by atoms with Crippen LogP contribution in [-0.2, 0) is 4.79 Å². The van der Waals surface area contributed by atoms with Gasteiger partial charge in [0, 0.05) is 18.3 Å². The van der Waals surface area contributed by atoms with Gasteiger partial charge in [-0.1, -0.05) is 60.7 Å². The van der Waals surface area contributed by atoms with Gasteiger partial charge in [0.2, 0.25) is 5.91 Å². The molecule has 0 heterocycles. The first kappa shape index (κ1) is 20.7. The molecule has 0 spiro atoms. The van der Waals surface area contributed by atoms with E-state index in [1.807, 2.05) is 62.6 Å². The van der Waals surface area contributed by atoms with E-state index in [9.17, 15) is 9.18 Å². The lowest BCUT2D eigenvalue weighted by atomic mass is 10.0. The summed E-state index contributed by atoms with van der Waals surface area (Å²) in [7, 11) is 4.05. The number of carbonyl (C=O) groups is 1. The molecule has 3 rings (SSSR count). The van der Waals surface area contributed by atoms with E-state index in [1.165, 1.54) is 17.7 Å². The highest BCUT2D eigenvalue weighted by Crippen LogP contribution is 2.21. The molecular formula is C24H26FN3O. The Kier molecular flexibility index (Phi) is 7.11. The first-order chi connectivity index (χ1) is 14.0. The van der Waals surface area contributed by atoms with Crippen molar-refractivity contribution in [1.82, 2.24) is 10.2 Å². The maximum absolute atomic E-state index is 13.2. The van der Waals surface area contributed by atoms with Gasteiger partial charge in [-0.05, 0) is 49.5 Å². The number of nitrogens with zero attached hydrogens (tertiary/aromatic N) is 1. The highest BCUT2D eigenvalue weighted by molar-refractivity contribution is 5.95. The second kappa shape index (κ2) is 9.96. The van der Waals surface area contributed by atoms with Crippen molar-refractivity contribution in [2.75, 3.05) is 26.0 Å². The number of carbonyl (C=O) groups excluding carboxylic acids is 1. The third kappa shape index (κ3) is 5.73. The number of hydrogen-bond acceptors (Lipinski definition) is 3. The van der Waals surface area contributed by atoms with Gasteiger partial charge in [0.25, 0.3) is 0 Å². The molecule has 150 valence electrons. The van der Waals surface area contributed by atoms with Crippen LogP contribution in [0.3, 0.4) is 0 Å². The standard InChI is InChI=1S/C24H26FN3O/c1-28(2)22(18-9-5-3-6-10-18)17-26-23(19-11-7-4-8-12-19)24(29)27-21-15-13-20(25)14-16-21/h3-16,22-23,26H,17H2,1-2H3,(H,27,29)/t22-,23+/m1/s1. The minimum atomic E-state index is -0.535. The van der Waals surface area contributed by atoms with Gasteiger partial charge in [-0.25, -0.2) is 4.39 Å². The summed E-state index contributed by atoms with van der Waals surface area (Å²) in [5, 5.41) is 6.30. The minimum absolute atomic E-state index is 0.112. The van der Waals surface area contributed by atoms with Gasteiger partial charge in [0.15, 0.2) is 0 Å². The summed E-state index contributed by atoms with van der Waals surface area (Å²) in [6.45, 7) is 0.591. The molecular weight excluding hydrogens is 365 g/mol. The molecule has 0 fully saturated rings. The smallest absolute Gasteiger partial charge is 0.246 e. The first-order valence-electron chi connectivity index (χ1n) is 9.60. The largest absolute Gasteiger partial charge is 0.324 e. The zero-order valence-electron chi connectivity index (χ0n) is 16.7. The molecule has 0 bridgehead atoms. The molecule has 0 aliphatic rings. The summed E-state index contributed by atoms with van der Waals surface area (Å²) in [6.07, 6.45) is 0. The molecule has 0 aliphatic carbocycles. The van der Waals surface area contributed by atoms with Crippen LogP contribution in [0.4, 0.5) is 10.1 Å². The Labute approximate surface area is 171 Å². The lowest BCUT2D eigenvalue weighted by Crippen LogP contribution is -2.38. The van der Waals surface area contributed by atoms with Gasteiger partial charge in [0.05, 0.1) is 0 Å². The molecule has 2 atom stereocenters. The Balaban J connectivity index is 1.78. The van der Waals surface area contributed by atoms with Crippen LogP contribution in [0.5, 0.6) is 0 Å².